The number of nitrogens with zero attached hydrogens (tertiary/aromatic N) is 3. The van der Waals surface area contributed by atoms with Crippen molar-refractivity contribution in [2.45, 2.75) is 68.6 Å². The first-order chi connectivity index (χ1) is 15.6. The number of hydrogen-bond acceptors (Lipinski definition) is 4. The number of allylic oxidation sites excluding steroid dienone is 1. The van der Waals surface area contributed by atoms with Crippen molar-refractivity contribution in [1.82, 2.24) is 4.90 Å². The van der Waals surface area contributed by atoms with Crippen LogP contribution in [0.2, 0.25) is 0 Å². The van der Waals surface area contributed by atoms with Gasteiger partial charge in [-0.15, -0.1) is 6.58 Å². The SMILES string of the molecule is C=CC.CC.CO.Cc1cc(C)c(N2C=CN(c3c(C)cc(C)cc3C)C2N(C)C)c(C)c1. The maximum absolute atomic E-state index is 7.00. The number of aliphatic hydroxyl groups is 1. The number of benzene rings is 2. The molecule has 1 aliphatic rings. The lowest BCUT2D eigenvalue weighted by atomic mass is 10.0. The molecule has 0 spiro atoms. The van der Waals surface area contributed by atoms with Crippen molar-refractivity contribution in [1.29, 1.82) is 0 Å². The Bertz CT molecular complexity index is 802. The molecule has 1 aliphatic heterocycles. The molecule has 2 aromatic rings. The third-order valence-electron chi connectivity index (χ3n) is 5.13. The van der Waals surface area contributed by atoms with Gasteiger partial charge >= 0.3 is 0 Å². The number of rotatable bonds is 3. The lowest BCUT2D eigenvalue weighted by Crippen LogP contribution is -2.50. The van der Waals surface area contributed by atoms with E-state index < -0.39 is 0 Å². The second kappa shape index (κ2) is 14.6. The summed E-state index contributed by atoms with van der Waals surface area (Å²) >= 11 is 0. The Morgan fingerprint density at radius 3 is 1.18 bits per heavy atom. The molecule has 0 bridgehead atoms. The zero-order chi connectivity index (χ0) is 25.9. The maximum Gasteiger partial charge on any atom is 0.167 e. The summed E-state index contributed by atoms with van der Waals surface area (Å²) in [7, 11) is 5.30. The van der Waals surface area contributed by atoms with E-state index in [1.165, 1.54) is 44.8 Å². The van der Waals surface area contributed by atoms with Gasteiger partial charge in [-0.05, 0) is 84.8 Å². The molecule has 184 valence electrons. The molecule has 0 aliphatic carbocycles. The largest absolute Gasteiger partial charge is 0.400 e. The van der Waals surface area contributed by atoms with Gasteiger partial charge in [0.05, 0.1) is 0 Å². The smallest absolute Gasteiger partial charge is 0.167 e. The summed E-state index contributed by atoms with van der Waals surface area (Å²) in [5, 5.41) is 7.00. The van der Waals surface area contributed by atoms with Gasteiger partial charge in [0, 0.05) is 30.9 Å². The van der Waals surface area contributed by atoms with E-state index in [-0.39, 0.29) is 6.29 Å². The predicted molar refractivity (Wildman–Crippen MR) is 148 cm³/mol. The molecule has 1 N–H and O–H groups in total. The first-order valence-corrected chi connectivity index (χ1v) is 11.7. The van der Waals surface area contributed by atoms with E-state index >= 15 is 0 Å². The van der Waals surface area contributed by atoms with Gasteiger partial charge in [0.1, 0.15) is 0 Å². The van der Waals surface area contributed by atoms with Gasteiger partial charge in [-0.2, -0.15) is 0 Å². The van der Waals surface area contributed by atoms with Crippen LogP contribution in [0.15, 0.2) is 49.3 Å². The minimum absolute atomic E-state index is 0.121. The zero-order valence-corrected chi connectivity index (χ0v) is 23.1. The van der Waals surface area contributed by atoms with E-state index in [9.17, 15) is 0 Å². The molecule has 2 aromatic carbocycles. The van der Waals surface area contributed by atoms with E-state index in [1.807, 2.05) is 20.8 Å². The Kier molecular flexibility index (Phi) is 13.4. The summed E-state index contributed by atoms with van der Waals surface area (Å²) in [6.07, 6.45) is 6.30. The number of aryl methyl sites for hydroxylation is 6. The van der Waals surface area contributed by atoms with E-state index in [0.29, 0.717) is 0 Å². The Labute approximate surface area is 203 Å². The van der Waals surface area contributed by atoms with Crippen LogP contribution >= 0.6 is 0 Å². The molecule has 0 fully saturated rings. The van der Waals surface area contributed by atoms with Crippen molar-refractivity contribution in [3.63, 3.8) is 0 Å². The normalized spacial score (nSPS) is 12.4. The third-order valence-corrected chi connectivity index (χ3v) is 5.13. The molecular weight excluding hydrogens is 406 g/mol. The molecule has 33 heavy (non-hydrogen) atoms. The fourth-order valence-corrected chi connectivity index (χ4v) is 4.47. The summed E-state index contributed by atoms with van der Waals surface area (Å²) in [4.78, 5) is 7.06. The van der Waals surface area contributed by atoms with Crippen LogP contribution in [-0.2, 0) is 0 Å². The van der Waals surface area contributed by atoms with E-state index in [4.69, 9.17) is 5.11 Å². The molecule has 4 heteroatoms. The van der Waals surface area contributed by atoms with Gasteiger partial charge < -0.3 is 14.9 Å². The highest BCUT2D eigenvalue weighted by atomic mass is 16.2. The van der Waals surface area contributed by atoms with E-state index in [1.54, 1.807) is 6.08 Å². The van der Waals surface area contributed by atoms with Crippen LogP contribution in [0.5, 0.6) is 0 Å². The van der Waals surface area contributed by atoms with Crippen LogP contribution in [0.1, 0.15) is 54.2 Å². The minimum Gasteiger partial charge on any atom is -0.400 e. The fourth-order valence-electron chi connectivity index (χ4n) is 4.47. The van der Waals surface area contributed by atoms with Gasteiger partial charge in [0.15, 0.2) is 6.29 Å². The monoisotopic (exact) mass is 453 g/mol. The molecule has 1 heterocycles. The summed E-state index contributed by atoms with van der Waals surface area (Å²) in [6.45, 7) is 22.4. The van der Waals surface area contributed by atoms with Crippen molar-refractivity contribution in [3.8, 4) is 0 Å². The number of aliphatic hydroxyl groups excluding tert-OH is 1. The lowest BCUT2D eigenvalue weighted by molar-refractivity contribution is 0.307. The standard InChI is InChI=1S/C23H31N3.C3H6.C2H6.CH4O/c1-15-11-17(3)21(18(4)12-15)25-9-10-26(23(25)24(7)8)22-19(5)13-16(2)14-20(22)6;1-3-2;2*1-2/h9-14,23H,1-8H3;3H,1H2,2H3;1-2H3;2H,1H3. The molecule has 0 amide bonds. The topological polar surface area (TPSA) is 30.0 Å². The Balaban J connectivity index is 0.00000132. The van der Waals surface area contributed by atoms with Crippen molar-refractivity contribution in [3.05, 3.63) is 82.7 Å². The van der Waals surface area contributed by atoms with Crippen molar-refractivity contribution < 1.29 is 5.11 Å². The molecule has 0 radical (unpaired) electrons. The molecular formula is C29H47N3O. The quantitative estimate of drug-likeness (QED) is 0.506. The first kappa shape index (κ1) is 30.4. The number of anilines is 2. The van der Waals surface area contributed by atoms with Crippen molar-refractivity contribution in [2.24, 2.45) is 0 Å². The van der Waals surface area contributed by atoms with Crippen molar-refractivity contribution in [2.75, 3.05) is 31.0 Å². The molecule has 0 unspecified atom stereocenters. The summed E-state index contributed by atoms with van der Waals surface area (Å²) in [5.74, 6) is 0. The van der Waals surface area contributed by atoms with Gasteiger partial charge in [0.25, 0.3) is 0 Å². The highest BCUT2D eigenvalue weighted by molar-refractivity contribution is 5.70. The summed E-state index contributed by atoms with van der Waals surface area (Å²) in [6, 6.07) is 9.09. The van der Waals surface area contributed by atoms with Crippen LogP contribution < -0.4 is 9.80 Å². The van der Waals surface area contributed by atoms with Gasteiger partial charge in [0.2, 0.25) is 0 Å². The molecule has 0 saturated heterocycles. The number of hydrogen-bond donors (Lipinski definition) is 1. The van der Waals surface area contributed by atoms with Crippen LogP contribution in [-0.4, -0.2) is 37.5 Å². The van der Waals surface area contributed by atoms with Gasteiger partial charge in [-0.1, -0.05) is 55.3 Å². The Morgan fingerprint density at radius 1 is 0.727 bits per heavy atom. The van der Waals surface area contributed by atoms with Crippen LogP contribution in [0.3, 0.4) is 0 Å². The van der Waals surface area contributed by atoms with E-state index in [0.717, 1.165) is 7.11 Å². The predicted octanol–water partition coefficient (Wildman–Crippen LogP) is 7.01. The minimum atomic E-state index is 0.121. The second-order valence-corrected chi connectivity index (χ2v) is 8.33. The Morgan fingerprint density at radius 2 is 0.970 bits per heavy atom. The molecule has 0 saturated carbocycles. The van der Waals surface area contributed by atoms with Crippen LogP contribution in [0.4, 0.5) is 11.4 Å². The summed E-state index contributed by atoms with van der Waals surface area (Å²) in [5.41, 5.74) is 10.5. The highest BCUT2D eigenvalue weighted by Crippen LogP contribution is 2.37. The van der Waals surface area contributed by atoms with E-state index in [2.05, 4.69) is 114 Å². The highest BCUT2D eigenvalue weighted by Gasteiger charge is 2.33. The molecule has 4 nitrogen and oxygen atoms in total. The second-order valence-electron chi connectivity index (χ2n) is 8.33. The maximum atomic E-state index is 7.00. The first-order valence-electron chi connectivity index (χ1n) is 11.7. The van der Waals surface area contributed by atoms with Crippen molar-refractivity contribution >= 4 is 11.4 Å². The molecule has 0 atom stereocenters. The summed E-state index contributed by atoms with van der Waals surface area (Å²) < 4.78 is 0. The average molecular weight is 454 g/mol. The molecule has 0 aromatic heterocycles. The van der Waals surface area contributed by atoms with Gasteiger partial charge in [-0.25, -0.2) is 0 Å². The van der Waals surface area contributed by atoms with Crippen LogP contribution in [0.25, 0.3) is 0 Å². The lowest BCUT2D eigenvalue weighted by Gasteiger charge is -2.39. The third kappa shape index (κ3) is 7.48. The molecule has 3 rings (SSSR count). The fraction of sp³-hybridized carbons (Fsp3) is 0.448. The van der Waals surface area contributed by atoms with Gasteiger partial charge in [-0.3, -0.25) is 4.90 Å². The zero-order valence-electron chi connectivity index (χ0n) is 23.1. The average Bonchev–Trinajstić information content (AvgIpc) is 3.14. The Hall–Kier alpha value is -2.56. The van der Waals surface area contributed by atoms with Crippen LogP contribution in [0, 0.1) is 41.5 Å².